The number of thioether (sulfide) groups is 1. The van der Waals surface area contributed by atoms with Gasteiger partial charge in [0, 0.05) is 30.8 Å². The highest BCUT2D eigenvalue weighted by Crippen LogP contribution is 2.18. The zero-order chi connectivity index (χ0) is 14.8. The minimum Gasteiger partial charge on any atom is -0.385 e. The van der Waals surface area contributed by atoms with E-state index < -0.39 is 11.8 Å². The van der Waals surface area contributed by atoms with Crippen molar-refractivity contribution in [2.45, 2.75) is 11.3 Å². The van der Waals surface area contributed by atoms with Gasteiger partial charge in [-0.3, -0.25) is 9.59 Å². The van der Waals surface area contributed by atoms with Crippen LogP contribution in [0.5, 0.6) is 0 Å². The van der Waals surface area contributed by atoms with Crippen LogP contribution in [0.3, 0.4) is 0 Å². The molecule has 7 heteroatoms. The molecule has 0 unspecified atom stereocenters. The molecule has 1 rings (SSSR count). The third-order valence-corrected chi connectivity index (χ3v) is 2.89. The molecule has 0 spiro atoms. The Hall–Kier alpha value is -2.04. The van der Waals surface area contributed by atoms with E-state index in [1.165, 1.54) is 0 Å². The van der Waals surface area contributed by atoms with E-state index in [1.54, 1.807) is 31.4 Å². The van der Waals surface area contributed by atoms with Crippen LogP contribution in [0.15, 0.2) is 29.2 Å². The smallest absolute Gasteiger partial charge is 0.313 e. The van der Waals surface area contributed by atoms with Crippen molar-refractivity contribution in [3.63, 3.8) is 0 Å². The first kappa shape index (κ1) is 16.0. The van der Waals surface area contributed by atoms with Crippen LogP contribution in [0, 0.1) is 10.7 Å². The first-order valence-corrected chi connectivity index (χ1v) is 6.73. The van der Waals surface area contributed by atoms with E-state index in [9.17, 15) is 9.59 Å². The van der Waals surface area contributed by atoms with Gasteiger partial charge in [0.05, 0.1) is 0 Å². The normalized spacial score (nSPS) is 9.60. The van der Waals surface area contributed by atoms with E-state index in [0.29, 0.717) is 25.3 Å². The fourth-order valence-electron chi connectivity index (χ4n) is 1.35. The Kier molecular flexibility index (Phi) is 7.17. The van der Waals surface area contributed by atoms with Gasteiger partial charge < -0.3 is 15.4 Å². The van der Waals surface area contributed by atoms with Crippen molar-refractivity contribution in [1.82, 2.24) is 5.32 Å². The zero-order valence-electron chi connectivity index (χ0n) is 11.0. The molecule has 0 aliphatic carbocycles. The highest BCUT2D eigenvalue weighted by atomic mass is 32.2. The largest absolute Gasteiger partial charge is 0.385 e. The summed E-state index contributed by atoms with van der Waals surface area (Å²) in [5, 5.41) is 15.4. The molecule has 1 aromatic carbocycles. The standard InChI is InChI=1S/C13H15N3O3S/c1-19-8-2-7-15-12(17)13(18)16-10-3-5-11(6-4-10)20-9-14/h3-6H,2,7-8H2,1H3,(H,15,17)(H,16,18). The van der Waals surface area contributed by atoms with Crippen LogP contribution in [0.25, 0.3) is 0 Å². The molecule has 6 nitrogen and oxygen atoms in total. The van der Waals surface area contributed by atoms with Crippen molar-refractivity contribution in [2.24, 2.45) is 0 Å². The summed E-state index contributed by atoms with van der Waals surface area (Å²) in [6, 6.07) is 6.66. The summed E-state index contributed by atoms with van der Waals surface area (Å²) in [7, 11) is 1.57. The highest BCUT2D eigenvalue weighted by molar-refractivity contribution is 8.03. The van der Waals surface area contributed by atoms with Gasteiger partial charge in [-0.15, -0.1) is 0 Å². The van der Waals surface area contributed by atoms with Crippen LogP contribution >= 0.6 is 11.8 Å². The van der Waals surface area contributed by atoms with E-state index in [-0.39, 0.29) is 0 Å². The van der Waals surface area contributed by atoms with Gasteiger partial charge in [0.1, 0.15) is 5.40 Å². The van der Waals surface area contributed by atoms with Crippen LogP contribution in [0.4, 0.5) is 5.69 Å². The molecule has 0 bridgehead atoms. The summed E-state index contributed by atoms with van der Waals surface area (Å²) < 4.78 is 4.83. The maximum atomic E-state index is 11.6. The number of hydrogen-bond acceptors (Lipinski definition) is 5. The lowest BCUT2D eigenvalue weighted by Gasteiger charge is -2.06. The second-order valence-electron chi connectivity index (χ2n) is 3.77. The Morgan fingerprint density at radius 2 is 2.00 bits per heavy atom. The minimum absolute atomic E-state index is 0.387. The van der Waals surface area contributed by atoms with Crippen molar-refractivity contribution in [1.29, 1.82) is 5.26 Å². The lowest BCUT2D eigenvalue weighted by Crippen LogP contribution is -2.36. The monoisotopic (exact) mass is 293 g/mol. The Labute approximate surface area is 121 Å². The SMILES string of the molecule is COCCCNC(=O)C(=O)Nc1ccc(SC#N)cc1. The maximum absolute atomic E-state index is 11.6. The third kappa shape index (κ3) is 5.73. The van der Waals surface area contributed by atoms with Crippen LogP contribution < -0.4 is 10.6 Å². The summed E-state index contributed by atoms with van der Waals surface area (Å²) in [6.45, 7) is 0.914. The topological polar surface area (TPSA) is 91.2 Å². The Bertz CT molecular complexity index is 497. The maximum Gasteiger partial charge on any atom is 0.313 e. The van der Waals surface area contributed by atoms with Crippen LogP contribution in [-0.2, 0) is 14.3 Å². The van der Waals surface area contributed by atoms with Crippen LogP contribution in [0.1, 0.15) is 6.42 Å². The number of carbonyl (C=O) groups excluding carboxylic acids is 2. The summed E-state index contributed by atoms with van der Waals surface area (Å²) in [4.78, 5) is 23.8. The average Bonchev–Trinajstić information content (AvgIpc) is 2.45. The minimum atomic E-state index is -0.719. The number of anilines is 1. The number of ether oxygens (including phenoxy) is 1. The number of thiocyanates is 1. The molecule has 2 amide bonds. The predicted molar refractivity (Wildman–Crippen MR) is 76.0 cm³/mol. The number of amides is 2. The Balaban J connectivity index is 2.41. The lowest BCUT2D eigenvalue weighted by molar-refractivity contribution is -0.136. The molecule has 0 heterocycles. The van der Waals surface area contributed by atoms with Gasteiger partial charge in [-0.2, -0.15) is 5.26 Å². The second-order valence-corrected chi connectivity index (χ2v) is 4.63. The number of nitrogens with one attached hydrogen (secondary N) is 2. The molecule has 0 fully saturated rings. The molecule has 0 atom stereocenters. The molecule has 106 valence electrons. The first-order chi connectivity index (χ1) is 9.67. The first-order valence-electron chi connectivity index (χ1n) is 5.91. The van der Waals surface area contributed by atoms with Crippen LogP contribution in [-0.4, -0.2) is 32.1 Å². The fourth-order valence-corrected chi connectivity index (χ4v) is 1.72. The van der Waals surface area contributed by atoms with Crippen molar-refractivity contribution in [2.75, 3.05) is 25.6 Å². The van der Waals surface area contributed by atoms with Gasteiger partial charge in [0.15, 0.2) is 0 Å². The summed E-state index contributed by atoms with van der Waals surface area (Å²) in [6.07, 6.45) is 0.648. The molecule has 0 aromatic heterocycles. The number of nitriles is 1. The summed E-state index contributed by atoms with van der Waals surface area (Å²) in [5.74, 6) is -1.40. The van der Waals surface area contributed by atoms with Crippen LogP contribution in [0.2, 0.25) is 0 Å². The van der Waals surface area contributed by atoms with Gasteiger partial charge in [-0.25, -0.2) is 0 Å². The molecule has 1 aromatic rings. The van der Waals surface area contributed by atoms with Crippen molar-refractivity contribution >= 4 is 29.3 Å². The average molecular weight is 293 g/mol. The molecule has 2 N–H and O–H groups in total. The molecule has 0 saturated carbocycles. The summed E-state index contributed by atoms with van der Waals surface area (Å²) in [5.41, 5.74) is 0.504. The predicted octanol–water partition coefficient (Wildman–Crippen LogP) is 1.35. The van der Waals surface area contributed by atoms with Gasteiger partial charge >= 0.3 is 11.8 Å². The van der Waals surface area contributed by atoms with Crippen molar-refractivity contribution in [3.8, 4) is 5.40 Å². The lowest BCUT2D eigenvalue weighted by atomic mass is 10.3. The molecule has 20 heavy (non-hydrogen) atoms. The number of benzene rings is 1. The Morgan fingerprint density at radius 1 is 1.30 bits per heavy atom. The van der Waals surface area contributed by atoms with E-state index in [2.05, 4.69) is 10.6 Å². The quantitative estimate of drug-likeness (QED) is 0.357. The third-order valence-electron chi connectivity index (χ3n) is 2.29. The number of methoxy groups -OCH3 is 1. The molecular formula is C13H15N3O3S. The summed E-state index contributed by atoms with van der Waals surface area (Å²) >= 11 is 1.03. The second kappa shape index (κ2) is 8.96. The molecular weight excluding hydrogens is 278 g/mol. The van der Waals surface area contributed by atoms with Gasteiger partial charge in [-0.05, 0) is 42.4 Å². The zero-order valence-corrected chi connectivity index (χ0v) is 11.8. The van der Waals surface area contributed by atoms with E-state index in [0.717, 1.165) is 16.7 Å². The molecule has 0 radical (unpaired) electrons. The number of nitrogens with zero attached hydrogens (tertiary/aromatic N) is 1. The Morgan fingerprint density at radius 3 is 2.60 bits per heavy atom. The number of carbonyl (C=O) groups is 2. The number of rotatable bonds is 6. The van der Waals surface area contributed by atoms with E-state index >= 15 is 0 Å². The van der Waals surface area contributed by atoms with Gasteiger partial charge in [0.2, 0.25) is 0 Å². The van der Waals surface area contributed by atoms with E-state index in [4.69, 9.17) is 10.00 Å². The van der Waals surface area contributed by atoms with Crippen molar-refractivity contribution < 1.29 is 14.3 Å². The van der Waals surface area contributed by atoms with Crippen molar-refractivity contribution in [3.05, 3.63) is 24.3 Å². The number of hydrogen-bond donors (Lipinski definition) is 2. The fraction of sp³-hybridized carbons (Fsp3) is 0.308. The van der Waals surface area contributed by atoms with Gasteiger partial charge in [0.25, 0.3) is 0 Å². The molecule has 0 aliphatic heterocycles. The van der Waals surface area contributed by atoms with Gasteiger partial charge in [-0.1, -0.05) is 0 Å². The molecule has 0 aliphatic rings. The van der Waals surface area contributed by atoms with E-state index in [1.807, 2.05) is 5.40 Å². The molecule has 0 saturated heterocycles. The highest BCUT2D eigenvalue weighted by Gasteiger charge is 2.12.